The molecular weight excluding hydrogens is 425 g/mol. The molecule has 2 heterocycles. The first-order valence-electron chi connectivity index (χ1n) is 7.01. The molecule has 0 bridgehead atoms. The Hall–Kier alpha value is -1.88. The summed E-state index contributed by atoms with van der Waals surface area (Å²) in [6.07, 6.45) is -4.69. The standard InChI is InChI=1S/C14H10BrF3N4O2S/c15-7-1-2-9-8(5-7)11(21-12(20-9)14(16,17)18)19-3-4-22-10(23)6-25-13(22)24/h1-2,5H,3-4,6H2,(H,19,20,21). The molecule has 0 aliphatic carbocycles. The van der Waals surface area contributed by atoms with Crippen LogP contribution in [0.3, 0.4) is 0 Å². The van der Waals surface area contributed by atoms with E-state index in [4.69, 9.17) is 0 Å². The summed E-state index contributed by atoms with van der Waals surface area (Å²) in [7, 11) is 0. The molecule has 6 nitrogen and oxygen atoms in total. The van der Waals surface area contributed by atoms with Crippen LogP contribution in [0.25, 0.3) is 10.9 Å². The minimum Gasteiger partial charge on any atom is -0.368 e. The molecule has 2 aromatic rings. The van der Waals surface area contributed by atoms with E-state index in [1.165, 1.54) is 6.07 Å². The number of imide groups is 1. The SMILES string of the molecule is O=C1CSC(=O)N1CCNc1nc(C(F)(F)F)nc2ccc(Br)cc12. The second kappa shape index (κ2) is 6.79. The first-order valence-corrected chi connectivity index (χ1v) is 8.79. The van der Waals surface area contributed by atoms with Crippen LogP contribution in [-0.2, 0) is 11.0 Å². The molecule has 0 unspecified atom stereocenters. The molecule has 3 rings (SSSR count). The van der Waals surface area contributed by atoms with Gasteiger partial charge in [0.15, 0.2) is 0 Å². The van der Waals surface area contributed by atoms with Crippen LogP contribution in [0.2, 0.25) is 0 Å². The Balaban J connectivity index is 1.87. The number of nitrogens with one attached hydrogen (secondary N) is 1. The summed E-state index contributed by atoms with van der Waals surface area (Å²) in [5.41, 5.74) is 0.136. The molecule has 132 valence electrons. The average molecular weight is 435 g/mol. The minimum absolute atomic E-state index is 0.00891. The normalized spacial score (nSPS) is 15.3. The van der Waals surface area contributed by atoms with Crippen molar-refractivity contribution in [2.75, 3.05) is 24.2 Å². The lowest BCUT2D eigenvalue weighted by Crippen LogP contribution is -2.33. The predicted molar refractivity (Wildman–Crippen MR) is 90.3 cm³/mol. The number of amides is 2. The third-order valence-electron chi connectivity index (χ3n) is 3.38. The quantitative estimate of drug-likeness (QED) is 0.793. The lowest BCUT2D eigenvalue weighted by Gasteiger charge is -2.15. The van der Waals surface area contributed by atoms with Gasteiger partial charge in [-0.3, -0.25) is 14.5 Å². The monoisotopic (exact) mass is 434 g/mol. The van der Waals surface area contributed by atoms with Crippen molar-refractivity contribution in [3.8, 4) is 0 Å². The summed E-state index contributed by atoms with van der Waals surface area (Å²) in [6, 6.07) is 4.63. The minimum atomic E-state index is -4.69. The summed E-state index contributed by atoms with van der Waals surface area (Å²) in [6.45, 7) is 0.124. The summed E-state index contributed by atoms with van der Waals surface area (Å²) < 4.78 is 39.6. The summed E-state index contributed by atoms with van der Waals surface area (Å²) >= 11 is 4.16. The fourth-order valence-corrected chi connectivity index (χ4v) is 3.36. The van der Waals surface area contributed by atoms with Gasteiger partial charge in [0.1, 0.15) is 5.82 Å². The molecule has 1 aromatic heterocycles. The first-order chi connectivity index (χ1) is 11.8. The van der Waals surface area contributed by atoms with Gasteiger partial charge in [-0.1, -0.05) is 27.7 Å². The number of aromatic nitrogens is 2. The van der Waals surface area contributed by atoms with Gasteiger partial charge in [0.05, 0.1) is 11.3 Å². The molecule has 11 heteroatoms. The molecule has 1 aliphatic rings. The number of nitrogens with zero attached hydrogens (tertiary/aromatic N) is 3. The van der Waals surface area contributed by atoms with Crippen LogP contribution in [0.1, 0.15) is 5.82 Å². The number of carbonyl (C=O) groups excluding carboxylic acids is 2. The molecule has 1 fully saturated rings. The van der Waals surface area contributed by atoms with Crippen molar-refractivity contribution < 1.29 is 22.8 Å². The number of benzene rings is 1. The van der Waals surface area contributed by atoms with Crippen molar-refractivity contribution in [2.45, 2.75) is 6.18 Å². The predicted octanol–water partition coefficient (Wildman–Crippen LogP) is 3.52. The van der Waals surface area contributed by atoms with Crippen molar-refractivity contribution >= 4 is 55.6 Å². The molecule has 0 saturated carbocycles. The van der Waals surface area contributed by atoms with E-state index in [1.54, 1.807) is 12.1 Å². The van der Waals surface area contributed by atoms with Gasteiger partial charge >= 0.3 is 6.18 Å². The second-order valence-corrected chi connectivity index (χ2v) is 6.92. The summed E-state index contributed by atoms with van der Waals surface area (Å²) in [4.78, 5) is 31.2. The largest absolute Gasteiger partial charge is 0.451 e. The van der Waals surface area contributed by atoms with E-state index in [9.17, 15) is 22.8 Å². The van der Waals surface area contributed by atoms with Crippen LogP contribution in [0, 0.1) is 0 Å². The van der Waals surface area contributed by atoms with E-state index in [-0.39, 0.29) is 41.3 Å². The molecule has 2 amide bonds. The van der Waals surface area contributed by atoms with Gasteiger partial charge in [0, 0.05) is 22.9 Å². The third-order valence-corrected chi connectivity index (χ3v) is 4.73. The number of fused-ring (bicyclic) bond motifs is 1. The van der Waals surface area contributed by atoms with E-state index in [0.717, 1.165) is 16.7 Å². The molecule has 0 spiro atoms. The van der Waals surface area contributed by atoms with Gasteiger partial charge in [0.2, 0.25) is 11.7 Å². The Morgan fingerprint density at radius 1 is 1.28 bits per heavy atom. The maximum Gasteiger partial charge on any atom is 0.451 e. The van der Waals surface area contributed by atoms with Crippen molar-refractivity contribution in [2.24, 2.45) is 0 Å². The van der Waals surface area contributed by atoms with Crippen molar-refractivity contribution in [3.63, 3.8) is 0 Å². The Bertz CT molecular complexity index is 846. The molecule has 1 saturated heterocycles. The number of hydrogen-bond acceptors (Lipinski definition) is 6. The van der Waals surface area contributed by atoms with Crippen LogP contribution < -0.4 is 5.32 Å². The molecule has 0 atom stereocenters. The number of alkyl halides is 3. The zero-order chi connectivity index (χ0) is 18.2. The highest BCUT2D eigenvalue weighted by Crippen LogP contribution is 2.31. The third kappa shape index (κ3) is 3.87. The van der Waals surface area contributed by atoms with Crippen LogP contribution in [0.15, 0.2) is 22.7 Å². The Labute approximate surface area is 152 Å². The highest BCUT2D eigenvalue weighted by molar-refractivity contribution is 9.10. The van der Waals surface area contributed by atoms with Crippen LogP contribution >= 0.6 is 27.7 Å². The Kier molecular flexibility index (Phi) is 4.87. The molecule has 1 N–H and O–H groups in total. The van der Waals surface area contributed by atoms with Crippen molar-refractivity contribution in [1.29, 1.82) is 0 Å². The second-order valence-electron chi connectivity index (χ2n) is 5.08. The molecule has 0 radical (unpaired) electrons. The van der Waals surface area contributed by atoms with Gasteiger partial charge < -0.3 is 5.32 Å². The number of hydrogen-bond donors (Lipinski definition) is 1. The summed E-state index contributed by atoms with van der Waals surface area (Å²) in [5, 5.41) is 2.80. The van der Waals surface area contributed by atoms with Gasteiger partial charge in [-0.05, 0) is 18.2 Å². The highest BCUT2D eigenvalue weighted by atomic mass is 79.9. The van der Waals surface area contributed by atoms with Gasteiger partial charge in [0.25, 0.3) is 5.24 Å². The maximum absolute atomic E-state index is 13.0. The maximum atomic E-state index is 13.0. The van der Waals surface area contributed by atoms with Gasteiger partial charge in [-0.25, -0.2) is 9.97 Å². The van der Waals surface area contributed by atoms with E-state index >= 15 is 0 Å². The first kappa shape index (κ1) is 17.9. The van der Waals surface area contributed by atoms with Crippen LogP contribution in [-0.4, -0.2) is 44.9 Å². The van der Waals surface area contributed by atoms with E-state index in [0.29, 0.717) is 9.86 Å². The highest BCUT2D eigenvalue weighted by Gasteiger charge is 2.35. The average Bonchev–Trinajstić information content (AvgIpc) is 2.85. The van der Waals surface area contributed by atoms with Gasteiger partial charge in [-0.15, -0.1) is 0 Å². The smallest absolute Gasteiger partial charge is 0.368 e. The Morgan fingerprint density at radius 2 is 2.04 bits per heavy atom. The fraction of sp³-hybridized carbons (Fsp3) is 0.286. The zero-order valence-electron chi connectivity index (χ0n) is 12.4. The van der Waals surface area contributed by atoms with Crippen LogP contribution in [0.5, 0.6) is 0 Å². The van der Waals surface area contributed by atoms with E-state index < -0.39 is 12.0 Å². The lowest BCUT2D eigenvalue weighted by molar-refractivity contribution is -0.144. The topological polar surface area (TPSA) is 75.2 Å². The van der Waals surface area contributed by atoms with Crippen LogP contribution in [0.4, 0.5) is 23.8 Å². The number of thioether (sulfide) groups is 1. The van der Waals surface area contributed by atoms with Crippen molar-refractivity contribution in [3.05, 3.63) is 28.5 Å². The molecule has 25 heavy (non-hydrogen) atoms. The summed E-state index contributed by atoms with van der Waals surface area (Å²) in [5.74, 6) is -1.50. The molecule has 1 aliphatic heterocycles. The number of rotatable bonds is 4. The number of anilines is 1. The zero-order valence-corrected chi connectivity index (χ0v) is 14.8. The van der Waals surface area contributed by atoms with E-state index in [1.807, 2.05) is 0 Å². The number of carbonyl (C=O) groups is 2. The number of halogens is 4. The lowest BCUT2D eigenvalue weighted by atomic mass is 10.2. The van der Waals surface area contributed by atoms with E-state index in [2.05, 4.69) is 31.2 Å². The van der Waals surface area contributed by atoms with Crippen molar-refractivity contribution in [1.82, 2.24) is 14.9 Å². The molecular formula is C14H10BrF3N4O2S. The fourth-order valence-electron chi connectivity index (χ4n) is 2.25. The molecule has 1 aromatic carbocycles. The van der Waals surface area contributed by atoms with Gasteiger partial charge in [-0.2, -0.15) is 13.2 Å². The Morgan fingerprint density at radius 3 is 2.68 bits per heavy atom.